The lowest BCUT2D eigenvalue weighted by atomic mass is 10.1. The summed E-state index contributed by atoms with van der Waals surface area (Å²) in [5, 5.41) is 7.97. The van der Waals surface area contributed by atoms with Crippen molar-refractivity contribution in [3.63, 3.8) is 0 Å². The smallest absolute Gasteiger partial charge is 0.244 e. The molecule has 168 valence electrons. The first-order valence-corrected chi connectivity index (χ1v) is 11.3. The molecule has 0 spiro atoms. The molecule has 2 heterocycles. The molecule has 1 aliphatic rings. The number of benzene rings is 2. The van der Waals surface area contributed by atoms with Gasteiger partial charge >= 0.3 is 0 Å². The average molecular weight is 474 g/mol. The van der Waals surface area contributed by atoms with Gasteiger partial charge in [0.25, 0.3) is 0 Å². The minimum atomic E-state index is -0.115. The van der Waals surface area contributed by atoms with Crippen molar-refractivity contribution in [1.29, 1.82) is 0 Å². The Morgan fingerprint density at radius 3 is 2.56 bits per heavy atom. The fourth-order valence-corrected chi connectivity index (χ4v) is 4.01. The highest BCUT2D eigenvalue weighted by Crippen LogP contribution is 2.26. The molecule has 4 rings (SSSR count). The molecule has 1 N–H and O–H groups in total. The van der Waals surface area contributed by atoms with Crippen molar-refractivity contribution in [2.75, 3.05) is 38.0 Å². The Hall–Kier alpha value is -2.45. The highest BCUT2D eigenvalue weighted by molar-refractivity contribution is 6.35. The fraction of sp³-hybridized carbons (Fsp3) is 0.348. The monoisotopic (exact) mass is 473 g/mol. The van der Waals surface area contributed by atoms with Gasteiger partial charge in [0.2, 0.25) is 17.6 Å². The molecular weight excluding hydrogens is 449 g/mol. The molecule has 1 amide bonds. The van der Waals surface area contributed by atoms with Gasteiger partial charge in [-0.05, 0) is 32.0 Å². The topological polar surface area (TPSA) is 74.5 Å². The number of aryl methyl sites for hydroxylation is 1. The van der Waals surface area contributed by atoms with Crippen LogP contribution in [0.25, 0.3) is 11.4 Å². The second kappa shape index (κ2) is 10.0. The van der Waals surface area contributed by atoms with Crippen molar-refractivity contribution in [1.82, 2.24) is 19.9 Å². The lowest BCUT2D eigenvalue weighted by Gasteiger charge is -2.36. The number of hydrogen-bond acceptors (Lipinski definition) is 6. The Morgan fingerprint density at radius 1 is 1.12 bits per heavy atom. The SMILES string of the molecule is Cc1ccc(-c2noc(C(C)N3CCN(CC(=O)Nc4cc(Cl)ccc4Cl)CC3)n2)cc1. The predicted molar refractivity (Wildman–Crippen MR) is 126 cm³/mol. The second-order valence-electron chi connectivity index (χ2n) is 7.98. The van der Waals surface area contributed by atoms with Crippen LogP contribution in [0.3, 0.4) is 0 Å². The number of nitrogens with one attached hydrogen (secondary N) is 1. The van der Waals surface area contributed by atoms with Crippen molar-refractivity contribution in [2.45, 2.75) is 19.9 Å². The summed E-state index contributed by atoms with van der Waals surface area (Å²) in [6, 6.07) is 13.1. The van der Waals surface area contributed by atoms with E-state index < -0.39 is 0 Å². The van der Waals surface area contributed by atoms with Crippen LogP contribution in [0.15, 0.2) is 47.0 Å². The van der Waals surface area contributed by atoms with Crippen molar-refractivity contribution in [2.24, 2.45) is 0 Å². The summed E-state index contributed by atoms with van der Waals surface area (Å²) in [4.78, 5) is 21.4. The number of rotatable bonds is 6. The third-order valence-electron chi connectivity index (χ3n) is 5.63. The van der Waals surface area contributed by atoms with Gasteiger partial charge in [-0.25, -0.2) is 0 Å². The number of amides is 1. The second-order valence-corrected chi connectivity index (χ2v) is 8.83. The third kappa shape index (κ3) is 5.48. The minimum absolute atomic E-state index is 0.00272. The fourth-order valence-electron chi connectivity index (χ4n) is 3.68. The Kier molecular flexibility index (Phi) is 7.10. The number of carbonyl (C=O) groups is 1. The van der Waals surface area contributed by atoms with Crippen LogP contribution in [0.1, 0.15) is 24.4 Å². The number of anilines is 1. The molecule has 1 aromatic heterocycles. The maximum atomic E-state index is 12.4. The van der Waals surface area contributed by atoms with Gasteiger partial charge in [0.05, 0.1) is 23.3 Å². The van der Waals surface area contributed by atoms with Crippen LogP contribution in [-0.2, 0) is 4.79 Å². The zero-order valence-electron chi connectivity index (χ0n) is 18.0. The number of nitrogens with zero attached hydrogens (tertiary/aromatic N) is 4. The normalized spacial score (nSPS) is 16.1. The molecule has 1 saturated heterocycles. The molecule has 0 radical (unpaired) electrons. The van der Waals surface area contributed by atoms with Gasteiger partial charge in [0.15, 0.2) is 0 Å². The van der Waals surface area contributed by atoms with E-state index in [2.05, 4.69) is 32.2 Å². The first-order valence-electron chi connectivity index (χ1n) is 10.5. The van der Waals surface area contributed by atoms with E-state index in [0.717, 1.165) is 31.7 Å². The van der Waals surface area contributed by atoms with Gasteiger partial charge in [0.1, 0.15) is 0 Å². The van der Waals surface area contributed by atoms with Crippen molar-refractivity contribution >= 4 is 34.8 Å². The van der Waals surface area contributed by atoms with E-state index in [4.69, 9.17) is 27.7 Å². The highest BCUT2D eigenvalue weighted by atomic mass is 35.5. The summed E-state index contributed by atoms with van der Waals surface area (Å²) >= 11 is 12.1. The first-order chi connectivity index (χ1) is 15.4. The molecule has 1 unspecified atom stereocenters. The van der Waals surface area contributed by atoms with Crippen LogP contribution >= 0.6 is 23.2 Å². The number of carbonyl (C=O) groups excluding carboxylic acids is 1. The molecule has 0 aliphatic carbocycles. The van der Waals surface area contributed by atoms with E-state index in [9.17, 15) is 4.79 Å². The summed E-state index contributed by atoms with van der Waals surface area (Å²) in [5.41, 5.74) is 2.65. The molecule has 1 fully saturated rings. The Balaban J connectivity index is 1.29. The molecule has 9 heteroatoms. The quantitative estimate of drug-likeness (QED) is 0.560. The van der Waals surface area contributed by atoms with E-state index in [1.54, 1.807) is 18.2 Å². The molecular formula is C23H25Cl2N5O2. The zero-order chi connectivity index (χ0) is 22.7. The maximum absolute atomic E-state index is 12.4. The number of halogens is 2. The van der Waals surface area contributed by atoms with Crippen molar-refractivity contribution in [3.05, 3.63) is 64.0 Å². The molecule has 1 aliphatic heterocycles. The first kappa shape index (κ1) is 22.7. The molecule has 0 bridgehead atoms. The van der Waals surface area contributed by atoms with Crippen LogP contribution in [-0.4, -0.2) is 58.6 Å². The van der Waals surface area contributed by atoms with Gasteiger partial charge in [-0.2, -0.15) is 4.98 Å². The molecule has 2 aromatic carbocycles. The summed E-state index contributed by atoms with van der Waals surface area (Å²) in [7, 11) is 0. The molecule has 1 atom stereocenters. The van der Waals surface area contributed by atoms with Crippen LogP contribution in [0, 0.1) is 6.92 Å². The van der Waals surface area contributed by atoms with Gasteiger partial charge in [-0.15, -0.1) is 0 Å². The van der Waals surface area contributed by atoms with Crippen LogP contribution < -0.4 is 5.32 Å². The summed E-state index contributed by atoms with van der Waals surface area (Å²) < 4.78 is 5.54. The molecule has 7 nitrogen and oxygen atoms in total. The van der Waals surface area contributed by atoms with E-state index in [-0.39, 0.29) is 11.9 Å². The Labute approximate surface area is 197 Å². The lowest BCUT2D eigenvalue weighted by Crippen LogP contribution is -2.49. The number of piperazine rings is 1. The standard InChI is InChI=1S/C23H25Cl2N5O2/c1-15-3-5-17(6-4-15)22-27-23(32-28-22)16(2)30-11-9-29(10-12-30)14-21(31)26-20-13-18(24)7-8-19(20)25/h3-8,13,16H,9-12,14H2,1-2H3,(H,26,31). The van der Waals surface area contributed by atoms with Gasteiger partial charge < -0.3 is 9.84 Å². The zero-order valence-corrected chi connectivity index (χ0v) is 19.5. The number of hydrogen-bond donors (Lipinski definition) is 1. The van der Waals surface area contributed by atoms with Crippen LogP contribution in [0.2, 0.25) is 10.0 Å². The number of aromatic nitrogens is 2. The maximum Gasteiger partial charge on any atom is 0.244 e. The largest absolute Gasteiger partial charge is 0.337 e. The van der Waals surface area contributed by atoms with Crippen molar-refractivity contribution < 1.29 is 9.32 Å². The Morgan fingerprint density at radius 2 is 1.84 bits per heavy atom. The summed E-state index contributed by atoms with van der Waals surface area (Å²) in [5.74, 6) is 1.08. The molecule has 3 aromatic rings. The Bertz CT molecular complexity index is 1080. The van der Waals surface area contributed by atoms with E-state index >= 15 is 0 Å². The molecule has 0 saturated carbocycles. The van der Waals surface area contributed by atoms with Crippen LogP contribution in [0.4, 0.5) is 5.69 Å². The molecule has 32 heavy (non-hydrogen) atoms. The third-order valence-corrected chi connectivity index (χ3v) is 6.20. The predicted octanol–water partition coefficient (Wildman–Crippen LogP) is 4.67. The summed E-state index contributed by atoms with van der Waals surface area (Å²) in [6.45, 7) is 7.53. The van der Waals surface area contributed by atoms with E-state index in [1.807, 2.05) is 31.2 Å². The van der Waals surface area contributed by atoms with E-state index in [0.29, 0.717) is 34.0 Å². The highest BCUT2D eigenvalue weighted by Gasteiger charge is 2.26. The van der Waals surface area contributed by atoms with E-state index in [1.165, 1.54) is 5.56 Å². The average Bonchev–Trinajstić information content (AvgIpc) is 3.27. The lowest BCUT2D eigenvalue weighted by molar-refractivity contribution is -0.117. The minimum Gasteiger partial charge on any atom is -0.337 e. The van der Waals surface area contributed by atoms with Gasteiger partial charge in [-0.3, -0.25) is 14.6 Å². The van der Waals surface area contributed by atoms with Crippen LogP contribution in [0.5, 0.6) is 0 Å². The summed E-state index contributed by atoms with van der Waals surface area (Å²) in [6.07, 6.45) is 0. The van der Waals surface area contributed by atoms with Crippen molar-refractivity contribution in [3.8, 4) is 11.4 Å². The van der Waals surface area contributed by atoms with Gasteiger partial charge in [-0.1, -0.05) is 58.2 Å². The van der Waals surface area contributed by atoms with Gasteiger partial charge in [0, 0.05) is 36.8 Å².